The van der Waals surface area contributed by atoms with E-state index in [0.717, 1.165) is 22.6 Å². The van der Waals surface area contributed by atoms with Crippen molar-refractivity contribution in [3.63, 3.8) is 0 Å². The zero-order valence-electron chi connectivity index (χ0n) is 13.8. The number of rotatable bonds is 4. The van der Waals surface area contributed by atoms with Crippen LogP contribution in [0.4, 0.5) is 5.13 Å². The molecule has 0 saturated heterocycles. The number of hydrogen-bond donors (Lipinski definition) is 2. The van der Waals surface area contributed by atoms with E-state index in [4.69, 9.17) is 5.73 Å². The maximum Gasteiger partial charge on any atom is 0.230 e. The van der Waals surface area contributed by atoms with E-state index >= 15 is 0 Å². The average Bonchev–Trinajstić information content (AvgIpc) is 3.11. The van der Waals surface area contributed by atoms with Gasteiger partial charge < -0.3 is 11.1 Å². The van der Waals surface area contributed by atoms with Gasteiger partial charge in [-0.3, -0.25) is 4.79 Å². The van der Waals surface area contributed by atoms with Gasteiger partial charge in [-0.25, -0.2) is 4.98 Å². The maximum atomic E-state index is 12.1. The van der Waals surface area contributed by atoms with E-state index in [-0.39, 0.29) is 17.9 Å². The van der Waals surface area contributed by atoms with E-state index in [1.54, 1.807) is 0 Å². The first-order valence-electron chi connectivity index (χ1n) is 8.11. The monoisotopic (exact) mass is 329 g/mol. The predicted molar refractivity (Wildman–Crippen MR) is 95.8 cm³/mol. The van der Waals surface area contributed by atoms with Crippen LogP contribution in [-0.2, 0) is 17.6 Å². The number of carbonyl (C=O) groups is 1. The summed E-state index contributed by atoms with van der Waals surface area (Å²) in [5.74, 6) is -0.308. The molecule has 0 spiro atoms. The van der Waals surface area contributed by atoms with Gasteiger partial charge >= 0.3 is 0 Å². The van der Waals surface area contributed by atoms with Gasteiger partial charge in [-0.15, -0.1) is 11.3 Å². The molecule has 3 rings (SSSR count). The minimum absolute atomic E-state index is 0.0748. The lowest BCUT2D eigenvalue weighted by molar-refractivity contribution is -0.119. The van der Waals surface area contributed by atoms with Crippen molar-refractivity contribution in [2.75, 3.05) is 5.32 Å². The predicted octanol–water partition coefficient (Wildman–Crippen LogP) is 3.53. The average molecular weight is 329 g/mol. The summed E-state index contributed by atoms with van der Waals surface area (Å²) < 4.78 is 0. The summed E-state index contributed by atoms with van der Waals surface area (Å²) in [6.45, 7) is 5.72. The summed E-state index contributed by atoms with van der Waals surface area (Å²) in [6, 6.07) is 6.43. The number of aryl methyl sites for hydroxylation is 3. The Balaban J connectivity index is 1.83. The standard InChI is InChI=1S/C18H23N3OS/c1-10(11(2)19)17(22)21-18-20-16(12(3)23-18)15-8-7-13-5-4-6-14(13)9-15/h7-11H,4-6,19H2,1-3H3,(H,20,21,22). The van der Waals surface area contributed by atoms with Crippen LogP contribution in [0.2, 0.25) is 0 Å². The van der Waals surface area contributed by atoms with Gasteiger partial charge in [0.1, 0.15) is 0 Å². The van der Waals surface area contributed by atoms with E-state index in [9.17, 15) is 4.79 Å². The van der Waals surface area contributed by atoms with Crippen molar-refractivity contribution in [3.05, 3.63) is 34.2 Å². The van der Waals surface area contributed by atoms with Crippen molar-refractivity contribution in [2.24, 2.45) is 11.7 Å². The number of thiazole rings is 1. The fourth-order valence-electron chi connectivity index (χ4n) is 2.89. The summed E-state index contributed by atoms with van der Waals surface area (Å²) in [4.78, 5) is 17.9. The Morgan fingerprint density at radius 2 is 2.04 bits per heavy atom. The molecule has 4 nitrogen and oxygen atoms in total. The van der Waals surface area contributed by atoms with Crippen molar-refractivity contribution >= 4 is 22.4 Å². The van der Waals surface area contributed by atoms with E-state index < -0.39 is 0 Å². The first-order chi connectivity index (χ1) is 11.0. The molecule has 1 aliphatic rings. The molecule has 1 amide bonds. The summed E-state index contributed by atoms with van der Waals surface area (Å²) in [7, 11) is 0. The molecule has 1 aromatic heterocycles. The summed E-state index contributed by atoms with van der Waals surface area (Å²) in [6.07, 6.45) is 3.58. The molecule has 0 fully saturated rings. The zero-order valence-corrected chi connectivity index (χ0v) is 14.7. The second kappa shape index (κ2) is 6.42. The van der Waals surface area contributed by atoms with Crippen molar-refractivity contribution in [3.8, 4) is 11.3 Å². The molecule has 122 valence electrons. The Morgan fingerprint density at radius 1 is 1.30 bits per heavy atom. The molecule has 3 N–H and O–H groups in total. The number of aromatic nitrogens is 1. The van der Waals surface area contributed by atoms with E-state index in [1.165, 1.54) is 35.3 Å². The number of hydrogen-bond acceptors (Lipinski definition) is 4. The first-order valence-corrected chi connectivity index (χ1v) is 8.93. The largest absolute Gasteiger partial charge is 0.327 e. The Hall–Kier alpha value is -1.72. The third-order valence-electron chi connectivity index (χ3n) is 4.60. The Kier molecular flexibility index (Phi) is 4.50. The number of nitrogens with zero attached hydrogens (tertiary/aromatic N) is 1. The molecular formula is C18H23N3OS. The van der Waals surface area contributed by atoms with Gasteiger partial charge in [-0.1, -0.05) is 19.1 Å². The smallest absolute Gasteiger partial charge is 0.230 e. The molecule has 0 bridgehead atoms. The highest BCUT2D eigenvalue weighted by Gasteiger charge is 2.20. The molecule has 2 atom stereocenters. The molecular weight excluding hydrogens is 306 g/mol. The molecule has 0 saturated carbocycles. The van der Waals surface area contributed by atoms with Gasteiger partial charge in [-0.2, -0.15) is 0 Å². The van der Waals surface area contributed by atoms with Gasteiger partial charge in [0.2, 0.25) is 5.91 Å². The van der Waals surface area contributed by atoms with E-state index in [1.807, 2.05) is 20.8 Å². The molecule has 5 heteroatoms. The van der Waals surface area contributed by atoms with E-state index in [0.29, 0.717) is 5.13 Å². The lowest BCUT2D eigenvalue weighted by atomic mass is 10.0. The molecule has 1 heterocycles. The normalized spacial score (nSPS) is 16.0. The molecule has 23 heavy (non-hydrogen) atoms. The van der Waals surface area contributed by atoms with Gasteiger partial charge in [0.05, 0.1) is 11.6 Å². The molecule has 1 aliphatic carbocycles. The van der Waals surface area contributed by atoms with Gasteiger partial charge in [0.15, 0.2) is 5.13 Å². The van der Waals surface area contributed by atoms with Gasteiger partial charge in [-0.05, 0) is 50.3 Å². The molecule has 2 aromatic rings. The number of nitrogens with two attached hydrogens (primary N) is 1. The third-order valence-corrected chi connectivity index (χ3v) is 5.49. The third kappa shape index (κ3) is 3.31. The summed E-state index contributed by atoms with van der Waals surface area (Å²) in [5, 5.41) is 3.54. The minimum Gasteiger partial charge on any atom is -0.327 e. The highest BCUT2D eigenvalue weighted by atomic mass is 32.1. The Morgan fingerprint density at radius 3 is 2.78 bits per heavy atom. The second-order valence-electron chi connectivity index (χ2n) is 6.40. The van der Waals surface area contributed by atoms with Crippen LogP contribution in [0.5, 0.6) is 0 Å². The van der Waals surface area contributed by atoms with Gasteiger partial charge in [0.25, 0.3) is 0 Å². The second-order valence-corrected chi connectivity index (χ2v) is 7.60. The first kappa shape index (κ1) is 16.1. The lowest BCUT2D eigenvalue weighted by Crippen LogP contribution is -2.34. The van der Waals surface area contributed by atoms with Crippen LogP contribution in [-0.4, -0.2) is 16.9 Å². The van der Waals surface area contributed by atoms with Crippen LogP contribution >= 0.6 is 11.3 Å². The Labute approximate surface area is 141 Å². The van der Waals surface area contributed by atoms with Crippen LogP contribution in [0.3, 0.4) is 0 Å². The number of anilines is 1. The van der Waals surface area contributed by atoms with Crippen molar-refractivity contribution in [1.82, 2.24) is 4.98 Å². The Bertz CT molecular complexity index is 736. The van der Waals surface area contributed by atoms with Gasteiger partial charge in [0, 0.05) is 16.5 Å². The molecule has 1 aromatic carbocycles. The number of fused-ring (bicyclic) bond motifs is 1. The topological polar surface area (TPSA) is 68.0 Å². The zero-order chi connectivity index (χ0) is 16.6. The van der Waals surface area contributed by atoms with Crippen molar-refractivity contribution in [1.29, 1.82) is 0 Å². The molecule has 2 unspecified atom stereocenters. The SMILES string of the molecule is Cc1sc(NC(=O)C(C)C(C)N)nc1-c1ccc2c(c1)CCC2. The number of nitrogens with one attached hydrogen (secondary N) is 1. The van der Waals surface area contributed by atoms with Crippen LogP contribution in [0.25, 0.3) is 11.3 Å². The fraction of sp³-hybridized carbons (Fsp3) is 0.444. The highest BCUT2D eigenvalue weighted by Crippen LogP contribution is 2.33. The molecule has 0 aliphatic heterocycles. The maximum absolute atomic E-state index is 12.1. The van der Waals surface area contributed by atoms with Crippen LogP contribution in [0, 0.1) is 12.8 Å². The fourth-order valence-corrected chi connectivity index (χ4v) is 3.73. The number of amides is 1. The highest BCUT2D eigenvalue weighted by molar-refractivity contribution is 7.16. The van der Waals surface area contributed by atoms with Crippen LogP contribution in [0.15, 0.2) is 18.2 Å². The molecule has 0 radical (unpaired) electrons. The minimum atomic E-state index is -0.234. The quantitative estimate of drug-likeness (QED) is 0.901. The van der Waals surface area contributed by atoms with Crippen molar-refractivity contribution in [2.45, 2.75) is 46.1 Å². The number of carbonyl (C=O) groups excluding carboxylic acids is 1. The van der Waals surface area contributed by atoms with Crippen molar-refractivity contribution < 1.29 is 4.79 Å². The van der Waals surface area contributed by atoms with Crippen LogP contribution < -0.4 is 11.1 Å². The summed E-state index contributed by atoms with van der Waals surface area (Å²) in [5.41, 5.74) is 10.8. The number of benzene rings is 1. The van der Waals surface area contributed by atoms with E-state index in [2.05, 4.69) is 28.5 Å². The lowest BCUT2D eigenvalue weighted by Gasteiger charge is -2.13. The van der Waals surface area contributed by atoms with Crippen LogP contribution in [0.1, 0.15) is 36.3 Å². The summed E-state index contributed by atoms with van der Waals surface area (Å²) >= 11 is 1.52.